The summed E-state index contributed by atoms with van der Waals surface area (Å²) in [5, 5.41) is 9.90. The molecule has 148 valence electrons. The van der Waals surface area contributed by atoms with Crippen LogP contribution in [-0.2, 0) is 4.74 Å². The average Bonchev–Trinajstić information content (AvgIpc) is 3.44. The number of nitrogens with two attached hydrogens (primary N) is 1. The maximum atomic E-state index is 9.90. The Balaban J connectivity index is 1.85. The minimum absolute atomic E-state index is 0.212. The fourth-order valence-corrected chi connectivity index (χ4v) is 3.65. The lowest BCUT2D eigenvalue weighted by Crippen LogP contribution is -2.22. The third-order valence-electron chi connectivity index (χ3n) is 5.16. The van der Waals surface area contributed by atoms with Gasteiger partial charge < -0.3 is 20.1 Å². The monoisotopic (exact) mass is 390 g/mol. The molecule has 0 saturated carbocycles. The Morgan fingerprint density at radius 3 is 2.76 bits per heavy atom. The normalized spacial score (nSPS) is 16.0. The molecule has 2 N–H and O–H groups in total. The van der Waals surface area contributed by atoms with Crippen LogP contribution in [0.4, 0.5) is 11.5 Å². The highest BCUT2D eigenvalue weighted by Crippen LogP contribution is 2.35. The smallest absolute Gasteiger partial charge is 0.158 e. The second kappa shape index (κ2) is 7.81. The van der Waals surface area contributed by atoms with Gasteiger partial charge in [-0.25, -0.2) is 9.97 Å². The van der Waals surface area contributed by atoms with Crippen molar-refractivity contribution >= 4 is 11.5 Å². The number of hydrogen-bond acceptors (Lipinski definition) is 7. The van der Waals surface area contributed by atoms with Gasteiger partial charge >= 0.3 is 0 Å². The van der Waals surface area contributed by atoms with Gasteiger partial charge in [-0.2, -0.15) is 5.26 Å². The van der Waals surface area contributed by atoms with E-state index in [1.54, 1.807) is 43.6 Å². The van der Waals surface area contributed by atoms with Crippen LogP contribution in [0.2, 0.25) is 0 Å². The second-order valence-corrected chi connectivity index (χ2v) is 6.89. The van der Waals surface area contributed by atoms with Crippen LogP contribution in [0.5, 0.6) is 5.75 Å². The van der Waals surface area contributed by atoms with E-state index < -0.39 is 0 Å². The van der Waals surface area contributed by atoms with E-state index in [4.69, 9.17) is 15.2 Å². The van der Waals surface area contributed by atoms with Gasteiger partial charge in [0.05, 0.1) is 13.2 Å². The van der Waals surface area contributed by atoms with Crippen molar-refractivity contribution in [2.45, 2.75) is 12.5 Å². The number of methoxy groups -OCH3 is 2. The number of hydrogen-bond donors (Lipinski definition) is 1. The number of ether oxygens (including phenoxy) is 2. The summed E-state index contributed by atoms with van der Waals surface area (Å²) in [5.74, 6) is 1.49. The van der Waals surface area contributed by atoms with Gasteiger partial charge in [-0.1, -0.05) is 0 Å². The van der Waals surface area contributed by atoms with Gasteiger partial charge in [0.15, 0.2) is 5.82 Å². The van der Waals surface area contributed by atoms with Crippen LogP contribution in [0.25, 0.3) is 16.9 Å². The molecule has 8 nitrogen and oxygen atoms in total. The molecular weight excluding hydrogens is 368 g/mol. The summed E-state index contributed by atoms with van der Waals surface area (Å²) in [4.78, 5) is 10.7. The zero-order chi connectivity index (χ0) is 20.4. The molecule has 0 bridgehead atoms. The topological polar surface area (TPSA) is 102 Å². The van der Waals surface area contributed by atoms with Gasteiger partial charge in [-0.15, -0.1) is 0 Å². The van der Waals surface area contributed by atoms with Crippen LogP contribution in [0.1, 0.15) is 12.0 Å². The third kappa shape index (κ3) is 3.60. The number of aromatic nitrogens is 3. The van der Waals surface area contributed by atoms with Gasteiger partial charge in [0.25, 0.3) is 0 Å². The van der Waals surface area contributed by atoms with Crippen LogP contribution in [0.15, 0.2) is 43.0 Å². The van der Waals surface area contributed by atoms with Gasteiger partial charge in [0.1, 0.15) is 29.5 Å². The lowest BCUT2D eigenvalue weighted by molar-refractivity contribution is 0.121. The summed E-state index contributed by atoms with van der Waals surface area (Å²) in [5.41, 5.74) is 9.06. The number of benzene rings is 1. The maximum Gasteiger partial charge on any atom is 0.158 e. The summed E-state index contributed by atoms with van der Waals surface area (Å²) < 4.78 is 12.7. The van der Waals surface area contributed by atoms with Crippen molar-refractivity contribution in [3.63, 3.8) is 0 Å². The minimum Gasteiger partial charge on any atom is -0.497 e. The molecule has 1 aliphatic rings. The molecule has 4 rings (SSSR count). The summed E-state index contributed by atoms with van der Waals surface area (Å²) in [6.07, 6.45) is 6.15. The summed E-state index contributed by atoms with van der Waals surface area (Å²) in [7, 11) is 3.37. The van der Waals surface area contributed by atoms with E-state index >= 15 is 0 Å². The quantitative estimate of drug-likeness (QED) is 0.714. The molecule has 1 atom stereocenters. The van der Waals surface area contributed by atoms with Crippen LogP contribution in [-0.4, -0.2) is 47.9 Å². The Morgan fingerprint density at radius 1 is 1.24 bits per heavy atom. The molecule has 1 aliphatic heterocycles. The van der Waals surface area contributed by atoms with Gasteiger partial charge in [-0.05, 0) is 30.2 Å². The number of nitriles is 1. The maximum absolute atomic E-state index is 9.90. The summed E-state index contributed by atoms with van der Waals surface area (Å²) in [6.45, 7) is 1.71. The van der Waals surface area contributed by atoms with Gasteiger partial charge in [-0.3, -0.25) is 4.57 Å². The molecule has 1 fully saturated rings. The summed E-state index contributed by atoms with van der Waals surface area (Å²) >= 11 is 0. The summed E-state index contributed by atoms with van der Waals surface area (Å²) in [6, 6.07) is 9.95. The van der Waals surface area contributed by atoms with E-state index in [0.717, 1.165) is 30.8 Å². The lowest BCUT2D eigenvalue weighted by atomic mass is 9.99. The van der Waals surface area contributed by atoms with Crippen molar-refractivity contribution in [3.8, 4) is 28.8 Å². The highest BCUT2D eigenvalue weighted by atomic mass is 16.5. The Bertz CT molecular complexity index is 1060. The zero-order valence-electron chi connectivity index (χ0n) is 16.4. The molecule has 29 heavy (non-hydrogen) atoms. The van der Waals surface area contributed by atoms with E-state index in [-0.39, 0.29) is 6.10 Å². The Labute approximate surface area is 169 Å². The van der Waals surface area contributed by atoms with Crippen molar-refractivity contribution < 1.29 is 9.47 Å². The number of imidazole rings is 1. The number of nitrogens with zero attached hydrogens (tertiary/aromatic N) is 5. The SMILES string of the molecule is COc1cc(-c2cc(N)nc(-n3ccnc3)c2C#N)cc(N2CCC(OC)C2)c1. The molecule has 8 heteroatoms. The molecule has 1 unspecified atom stereocenters. The average molecular weight is 390 g/mol. The van der Waals surface area contributed by atoms with Gasteiger partial charge in [0.2, 0.25) is 0 Å². The molecule has 0 spiro atoms. The van der Waals surface area contributed by atoms with Crippen molar-refractivity contribution in [3.05, 3.63) is 48.5 Å². The van der Waals surface area contributed by atoms with Crippen LogP contribution in [0, 0.1) is 11.3 Å². The van der Waals surface area contributed by atoms with Crippen LogP contribution in [0.3, 0.4) is 0 Å². The third-order valence-corrected chi connectivity index (χ3v) is 5.16. The molecular formula is C21H22N6O2. The van der Waals surface area contributed by atoms with Crippen molar-refractivity contribution in [2.24, 2.45) is 0 Å². The van der Waals surface area contributed by atoms with E-state index in [1.165, 1.54) is 0 Å². The van der Waals surface area contributed by atoms with Crippen molar-refractivity contribution in [2.75, 3.05) is 37.9 Å². The number of nitrogen functional groups attached to an aromatic ring is 1. The van der Waals surface area contributed by atoms with Crippen molar-refractivity contribution in [1.29, 1.82) is 5.26 Å². The number of anilines is 2. The predicted octanol–water partition coefficient (Wildman–Crippen LogP) is 2.62. The Hall–Kier alpha value is -3.57. The number of pyridine rings is 1. The van der Waals surface area contributed by atoms with E-state index in [1.807, 2.05) is 18.2 Å². The molecule has 0 radical (unpaired) electrons. The van der Waals surface area contributed by atoms with E-state index in [2.05, 4.69) is 20.9 Å². The molecule has 0 aliphatic carbocycles. The zero-order valence-corrected chi connectivity index (χ0v) is 16.4. The van der Waals surface area contributed by atoms with Crippen molar-refractivity contribution in [1.82, 2.24) is 14.5 Å². The first-order chi connectivity index (χ1) is 14.1. The van der Waals surface area contributed by atoms with E-state index in [0.29, 0.717) is 28.5 Å². The Kier molecular flexibility index (Phi) is 5.06. The molecule has 2 aromatic heterocycles. The molecule has 1 saturated heterocycles. The largest absolute Gasteiger partial charge is 0.497 e. The fourth-order valence-electron chi connectivity index (χ4n) is 3.65. The first-order valence-electron chi connectivity index (χ1n) is 9.29. The lowest BCUT2D eigenvalue weighted by Gasteiger charge is -2.21. The second-order valence-electron chi connectivity index (χ2n) is 6.89. The Morgan fingerprint density at radius 2 is 2.10 bits per heavy atom. The molecule has 0 amide bonds. The highest BCUT2D eigenvalue weighted by Gasteiger charge is 2.24. The fraction of sp³-hybridized carbons (Fsp3) is 0.286. The number of rotatable bonds is 5. The molecule has 1 aromatic carbocycles. The van der Waals surface area contributed by atoms with E-state index in [9.17, 15) is 5.26 Å². The molecule has 3 aromatic rings. The minimum atomic E-state index is 0.212. The van der Waals surface area contributed by atoms with Crippen LogP contribution < -0.4 is 15.4 Å². The molecule has 3 heterocycles. The standard InChI is InChI=1S/C21H22N6O2/c1-28-16-3-5-26(12-16)15-7-14(8-17(9-15)29-2)18-10-20(23)25-21(19(18)11-22)27-6-4-24-13-27/h4,6-10,13,16H,3,5,12H2,1-2H3,(H2,23,25). The first kappa shape index (κ1) is 18.8. The van der Waals surface area contributed by atoms with Gasteiger partial charge in [0, 0.05) is 49.9 Å². The highest BCUT2D eigenvalue weighted by molar-refractivity contribution is 5.79. The first-order valence-corrected chi connectivity index (χ1v) is 9.29. The van der Waals surface area contributed by atoms with Crippen LogP contribution >= 0.6 is 0 Å². The predicted molar refractivity (Wildman–Crippen MR) is 110 cm³/mol.